The summed E-state index contributed by atoms with van der Waals surface area (Å²) in [6.07, 6.45) is 3.00. The molecule has 1 radical (unpaired) electrons. The van der Waals surface area contributed by atoms with Crippen molar-refractivity contribution in [2.75, 3.05) is 5.75 Å². The van der Waals surface area contributed by atoms with Crippen LogP contribution in [0.1, 0.15) is 5.56 Å². The van der Waals surface area contributed by atoms with Gasteiger partial charge >= 0.3 is 0 Å². The Morgan fingerprint density at radius 1 is 1.29 bits per heavy atom. The molecule has 1 aromatic rings. The second-order valence-corrected chi connectivity index (χ2v) is 4.73. The van der Waals surface area contributed by atoms with Crippen LogP contribution in [0.25, 0.3) is 0 Å². The van der Waals surface area contributed by atoms with E-state index in [0.717, 1.165) is 0 Å². The van der Waals surface area contributed by atoms with Crippen LogP contribution in [0.3, 0.4) is 0 Å². The van der Waals surface area contributed by atoms with Crippen molar-refractivity contribution in [2.24, 2.45) is 0 Å². The van der Waals surface area contributed by atoms with E-state index in [0.29, 0.717) is 5.56 Å². The van der Waals surface area contributed by atoms with Gasteiger partial charge in [-0.1, -0.05) is 6.08 Å². The van der Waals surface area contributed by atoms with Gasteiger partial charge in [-0.3, -0.25) is 4.79 Å². The highest BCUT2D eigenvalue weighted by atomic mass is 32.2. The third-order valence-electron chi connectivity index (χ3n) is 1.67. The van der Waals surface area contributed by atoms with Crippen molar-refractivity contribution < 1.29 is 13.2 Å². The molecule has 0 fully saturated rings. The fourth-order valence-corrected chi connectivity index (χ4v) is 2.04. The molecule has 0 spiro atoms. The number of carbonyl (C=O) groups excluding carboxylic acids is 1. The summed E-state index contributed by atoms with van der Waals surface area (Å²) < 4.78 is 22.9. The quantitative estimate of drug-likeness (QED) is 0.698. The molecule has 0 aromatic heterocycles. The minimum absolute atomic E-state index is 0.100. The van der Waals surface area contributed by atoms with Gasteiger partial charge in [-0.15, -0.1) is 6.58 Å². The fourth-order valence-electron chi connectivity index (χ4n) is 0.982. The van der Waals surface area contributed by atoms with E-state index >= 15 is 0 Å². The molecule has 0 aliphatic rings. The minimum atomic E-state index is -3.28. The van der Waals surface area contributed by atoms with Gasteiger partial charge in [-0.25, -0.2) is 8.42 Å². The second kappa shape index (κ2) is 4.19. The molecule has 3 nitrogen and oxygen atoms in total. The van der Waals surface area contributed by atoms with Gasteiger partial charge in [0.2, 0.25) is 6.29 Å². The van der Waals surface area contributed by atoms with E-state index in [9.17, 15) is 13.2 Å². The van der Waals surface area contributed by atoms with Gasteiger partial charge in [0.25, 0.3) is 0 Å². The van der Waals surface area contributed by atoms with E-state index in [-0.39, 0.29) is 10.6 Å². The van der Waals surface area contributed by atoms with E-state index in [4.69, 9.17) is 0 Å². The Bertz CT molecular complexity index is 429. The molecule has 0 heterocycles. The molecule has 1 aromatic carbocycles. The average Bonchev–Trinajstić information content (AvgIpc) is 2.18. The van der Waals surface area contributed by atoms with Crippen molar-refractivity contribution in [3.05, 3.63) is 42.5 Å². The Hall–Kier alpha value is -1.42. The summed E-state index contributed by atoms with van der Waals surface area (Å²) in [6.45, 7) is 3.36. The number of sulfone groups is 1. The summed E-state index contributed by atoms with van der Waals surface area (Å²) in [4.78, 5) is 10.4. The lowest BCUT2D eigenvalue weighted by Crippen LogP contribution is -2.04. The van der Waals surface area contributed by atoms with Gasteiger partial charge in [0, 0.05) is 5.56 Å². The van der Waals surface area contributed by atoms with Crippen LogP contribution < -0.4 is 0 Å². The summed E-state index contributed by atoms with van der Waals surface area (Å²) in [5, 5.41) is 0. The number of rotatable bonds is 4. The summed E-state index contributed by atoms with van der Waals surface area (Å²) in [6, 6.07) is 5.62. The molecule has 4 heteroatoms. The Kier molecular flexibility index (Phi) is 3.19. The van der Waals surface area contributed by atoms with Crippen molar-refractivity contribution in [3.8, 4) is 0 Å². The molecule has 0 aliphatic heterocycles. The third-order valence-corrected chi connectivity index (χ3v) is 3.33. The zero-order chi connectivity index (χ0) is 10.6. The van der Waals surface area contributed by atoms with Crippen LogP contribution >= 0.6 is 0 Å². The lowest BCUT2D eigenvalue weighted by molar-refractivity contribution is 0.562. The SMILES string of the molecule is C=CCS(=O)(=O)c1ccc([C]=O)cc1. The van der Waals surface area contributed by atoms with Crippen molar-refractivity contribution in [1.82, 2.24) is 0 Å². The molecule has 0 bridgehead atoms. The Morgan fingerprint density at radius 2 is 1.86 bits per heavy atom. The summed E-state index contributed by atoms with van der Waals surface area (Å²) >= 11 is 0. The van der Waals surface area contributed by atoms with Crippen LogP contribution in [0.15, 0.2) is 41.8 Å². The fraction of sp³-hybridized carbons (Fsp3) is 0.100. The maximum Gasteiger partial charge on any atom is 0.233 e. The molecule has 0 N–H and O–H groups in total. The van der Waals surface area contributed by atoms with Crippen LogP contribution in [0.5, 0.6) is 0 Å². The van der Waals surface area contributed by atoms with Crippen LogP contribution in [-0.4, -0.2) is 20.5 Å². The topological polar surface area (TPSA) is 51.2 Å². The van der Waals surface area contributed by atoms with Crippen LogP contribution in [0.2, 0.25) is 0 Å². The highest BCUT2D eigenvalue weighted by Gasteiger charge is 2.11. The predicted octanol–water partition coefficient (Wildman–Crippen LogP) is 1.10. The standard InChI is InChI=1S/C10H9O3S/c1-2-7-14(12,13)10-5-3-9(8-11)4-6-10/h2-6H,1,7H2. The zero-order valence-corrected chi connectivity index (χ0v) is 8.25. The molecule has 0 saturated heterocycles. The van der Waals surface area contributed by atoms with Gasteiger partial charge in [0.05, 0.1) is 10.6 Å². The Morgan fingerprint density at radius 3 is 2.29 bits per heavy atom. The lowest BCUT2D eigenvalue weighted by atomic mass is 10.2. The normalized spacial score (nSPS) is 10.9. The van der Waals surface area contributed by atoms with Crippen molar-refractivity contribution in [1.29, 1.82) is 0 Å². The van der Waals surface area contributed by atoms with Gasteiger partial charge < -0.3 is 0 Å². The molecule has 1 rings (SSSR count). The van der Waals surface area contributed by atoms with Crippen molar-refractivity contribution >= 4 is 16.1 Å². The van der Waals surface area contributed by atoms with Crippen LogP contribution in [-0.2, 0) is 14.6 Å². The first-order chi connectivity index (χ1) is 6.60. The maximum absolute atomic E-state index is 11.5. The largest absolute Gasteiger partial charge is 0.285 e. The van der Waals surface area contributed by atoms with Gasteiger partial charge in [-0.05, 0) is 24.3 Å². The van der Waals surface area contributed by atoms with E-state index in [2.05, 4.69) is 6.58 Å². The second-order valence-electron chi connectivity index (χ2n) is 2.70. The highest BCUT2D eigenvalue weighted by Crippen LogP contribution is 2.11. The van der Waals surface area contributed by atoms with Crippen molar-refractivity contribution in [3.63, 3.8) is 0 Å². The maximum atomic E-state index is 11.5. The molecular formula is C10H9O3S. The molecule has 0 aliphatic carbocycles. The Balaban J connectivity index is 3.09. The number of benzene rings is 1. The summed E-state index contributed by atoms with van der Waals surface area (Å²) in [7, 11) is -3.28. The Labute approximate surface area is 83.0 Å². The lowest BCUT2D eigenvalue weighted by Gasteiger charge is -2.00. The average molecular weight is 209 g/mol. The van der Waals surface area contributed by atoms with E-state index < -0.39 is 9.84 Å². The van der Waals surface area contributed by atoms with E-state index in [1.165, 1.54) is 30.3 Å². The number of hydrogen-bond donors (Lipinski definition) is 0. The van der Waals surface area contributed by atoms with Gasteiger partial charge in [0.15, 0.2) is 9.84 Å². The van der Waals surface area contributed by atoms with E-state index in [1.54, 1.807) is 6.29 Å². The van der Waals surface area contributed by atoms with E-state index in [1.807, 2.05) is 0 Å². The zero-order valence-electron chi connectivity index (χ0n) is 7.43. The summed E-state index contributed by atoms with van der Waals surface area (Å²) in [5.74, 6) is -0.100. The van der Waals surface area contributed by atoms with Crippen LogP contribution in [0, 0.1) is 0 Å². The monoisotopic (exact) mass is 209 g/mol. The van der Waals surface area contributed by atoms with Gasteiger partial charge in [0.1, 0.15) is 0 Å². The first-order valence-electron chi connectivity index (χ1n) is 3.92. The molecular weight excluding hydrogens is 200 g/mol. The molecule has 0 unspecified atom stereocenters. The summed E-state index contributed by atoms with van der Waals surface area (Å²) in [5.41, 5.74) is 0.336. The minimum Gasteiger partial charge on any atom is -0.285 e. The highest BCUT2D eigenvalue weighted by molar-refractivity contribution is 7.91. The van der Waals surface area contributed by atoms with Gasteiger partial charge in [-0.2, -0.15) is 0 Å². The van der Waals surface area contributed by atoms with Crippen molar-refractivity contribution in [2.45, 2.75) is 4.90 Å². The number of hydrogen-bond acceptors (Lipinski definition) is 3. The predicted molar refractivity (Wildman–Crippen MR) is 53.5 cm³/mol. The molecule has 0 amide bonds. The molecule has 0 saturated carbocycles. The first-order valence-corrected chi connectivity index (χ1v) is 5.57. The molecule has 73 valence electrons. The van der Waals surface area contributed by atoms with Crippen LogP contribution in [0.4, 0.5) is 0 Å². The molecule has 14 heavy (non-hydrogen) atoms. The smallest absolute Gasteiger partial charge is 0.233 e. The first kappa shape index (κ1) is 10.7. The third kappa shape index (κ3) is 2.29. The molecule has 0 atom stereocenters.